The number of nitrogens with two attached hydrogens (primary N) is 1. The van der Waals surface area contributed by atoms with Crippen molar-refractivity contribution in [3.8, 4) is 0 Å². The molecule has 0 aliphatic rings. The molecule has 0 bridgehead atoms. The molecule has 11 heavy (non-hydrogen) atoms. The van der Waals surface area contributed by atoms with Gasteiger partial charge in [0.15, 0.2) is 0 Å². The van der Waals surface area contributed by atoms with Crippen LogP contribution in [0, 0.1) is 0 Å². The van der Waals surface area contributed by atoms with Crippen LogP contribution in [0.15, 0.2) is 0 Å². The van der Waals surface area contributed by atoms with Gasteiger partial charge < -0.3 is 5.73 Å². The van der Waals surface area contributed by atoms with E-state index in [9.17, 15) is 8.42 Å². The molecular weight excluding hydrogens is 164 g/mol. The predicted octanol–water partition coefficient (Wildman–Crippen LogP) is -0.337. The Morgan fingerprint density at radius 1 is 1.45 bits per heavy atom. The molecule has 0 spiro atoms. The summed E-state index contributed by atoms with van der Waals surface area (Å²) in [6.45, 7) is 3.86. The molecule has 0 saturated carbocycles. The summed E-state index contributed by atoms with van der Waals surface area (Å²) in [5.74, 6) is 0.115. The molecule has 5 heteroatoms. The highest BCUT2D eigenvalue weighted by atomic mass is 32.2. The molecule has 0 fully saturated rings. The third kappa shape index (κ3) is 4.34. The van der Waals surface area contributed by atoms with Crippen molar-refractivity contribution in [3.05, 3.63) is 0 Å². The zero-order valence-corrected chi connectivity index (χ0v) is 7.82. The van der Waals surface area contributed by atoms with Gasteiger partial charge >= 0.3 is 0 Å². The Morgan fingerprint density at radius 2 is 2.00 bits per heavy atom. The zero-order valence-electron chi connectivity index (χ0n) is 7.00. The van der Waals surface area contributed by atoms with Crippen LogP contribution in [0.1, 0.15) is 20.3 Å². The topological polar surface area (TPSA) is 72.2 Å². The molecule has 1 unspecified atom stereocenters. The molecule has 3 N–H and O–H groups in total. The quantitative estimate of drug-likeness (QED) is 0.608. The van der Waals surface area contributed by atoms with Crippen LogP contribution in [0.3, 0.4) is 0 Å². The molecule has 0 radical (unpaired) electrons. The molecule has 0 aromatic carbocycles. The van der Waals surface area contributed by atoms with Gasteiger partial charge in [-0.05, 0) is 13.3 Å². The van der Waals surface area contributed by atoms with E-state index in [2.05, 4.69) is 4.72 Å². The summed E-state index contributed by atoms with van der Waals surface area (Å²) < 4.78 is 24.4. The Hall–Kier alpha value is -0.130. The molecule has 0 aromatic heterocycles. The summed E-state index contributed by atoms with van der Waals surface area (Å²) in [6.07, 6.45) is 0.732. The van der Waals surface area contributed by atoms with E-state index in [-0.39, 0.29) is 11.8 Å². The summed E-state index contributed by atoms with van der Waals surface area (Å²) in [5, 5.41) is 0. The number of rotatable bonds is 5. The molecule has 0 aliphatic heterocycles. The second kappa shape index (κ2) is 4.69. The van der Waals surface area contributed by atoms with Crippen LogP contribution >= 0.6 is 0 Å². The van der Waals surface area contributed by atoms with Gasteiger partial charge in [0.25, 0.3) is 0 Å². The minimum absolute atomic E-state index is 0.111. The first kappa shape index (κ1) is 10.9. The maximum atomic E-state index is 11.0. The molecule has 0 saturated heterocycles. The van der Waals surface area contributed by atoms with Crippen LogP contribution in [0.2, 0.25) is 0 Å². The Balaban J connectivity index is 4.01. The average molecular weight is 180 g/mol. The molecule has 0 aromatic rings. The van der Waals surface area contributed by atoms with E-state index < -0.39 is 10.0 Å². The smallest absolute Gasteiger partial charge is 0.211 e. The van der Waals surface area contributed by atoms with Crippen LogP contribution < -0.4 is 10.5 Å². The standard InChI is InChI=1S/C6H16N2O2S/c1-3-6(5-7)8-11(9,10)4-2/h6,8H,3-5,7H2,1-2H3. The number of nitrogens with one attached hydrogen (secondary N) is 1. The number of sulfonamides is 1. The van der Waals surface area contributed by atoms with Gasteiger partial charge in [0.1, 0.15) is 0 Å². The molecule has 0 rings (SSSR count). The fourth-order valence-corrected chi connectivity index (χ4v) is 1.57. The summed E-state index contributed by atoms with van der Waals surface area (Å²) in [5.41, 5.74) is 5.32. The zero-order chi connectivity index (χ0) is 8.91. The molecular formula is C6H16N2O2S. The van der Waals surface area contributed by atoms with Gasteiger partial charge in [0, 0.05) is 12.6 Å². The molecule has 0 heterocycles. The van der Waals surface area contributed by atoms with Crippen LogP contribution in [0.25, 0.3) is 0 Å². The molecule has 0 amide bonds. The lowest BCUT2D eigenvalue weighted by molar-refractivity contribution is 0.543. The van der Waals surface area contributed by atoms with E-state index in [0.29, 0.717) is 6.54 Å². The van der Waals surface area contributed by atoms with Crippen LogP contribution in [-0.2, 0) is 10.0 Å². The van der Waals surface area contributed by atoms with Gasteiger partial charge in [-0.1, -0.05) is 6.92 Å². The fraction of sp³-hybridized carbons (Fsp3) is 1.00. The van der Waals surface area contributed by atoms with E-state index >= 15 is 0 Å². The van der Waals surface area contributed by atoms with Crippen LogP contribution in [-0.4, -0.2) is 26.8 Å². The van der Waals surface area contributed by atoms with E-state index in [1.54, 1.807) is 6.92 Å². The van der Waals surface area contributed by atoms with Gasteiger partial charge in [0.2, 0.25) is 10.0 Å². The van der Waals surface area contributed by atoms with Crippen molar-refractivity contribution in [1.29, 1.82) is 0 Å². The minimum atomic E-state index is -3.07. The van der Waals surface area contributed by atoms with Crippen molar-refractivity contribution < 1.29 is 8.42 Å². The molecule has 1 atom stereocenters. The van der Waals surface area contributed by atoms with E-state index in [0.717, 1.165) is 6.42 Å². The second-order valence-electron chi connectivity index (χ2n) is 2.36. The van der Waals surface area contributed by atoms with Gasteiger partial charge in [-0.3, -0.25) is 0 Å². The largest absolute Gasteiger partial charge is 0.329 e. The SMILES string of the molecule is CCC(CN)NS(=O)(=O)CC. The first-order chi connectivity index (χ1) is 5.05. The first-order valence-electron chi connectivity index (χ1n) is 3.75. The highest BCUT2D eigenvalue weighted by Crippen LogP contribution is 1.92. The Bertz CT molecular complexity index is 185. The summed E-state index contributed by atoms with van der Waals surface area (Å²) in [6, 6.07) is -0.111. The summed E-state index contributed by atoms with van der Waals surface area (Å²) in [7, 11) is -3.07. The lowest BCUT2D eigenvalue weighted by Gasteiger charge is -2.13. The van der Waals surface area contributed by atoms with E-state index in [1.165, 1.54) is 0 Å². The summed E-state index contributed by atoms with van der Waals surface area (Å²) in [4.78, 5) is 0. The monoisotopic (exact) mass is 180 g/mol. The number of hydrogen-bond donors (Lipinski definition) is 2. The lowest BCUT2D eigenvalue weighted by Crippen LogP contribution is -2.40. The third-order valence-electron chi connectivity index (χ3n) is 1.50. The predicted molar refractivity (Wildman–Crippen MR) is 45.7 cm³/mol. The first-order valence-corrected chi connectivity index (χ1v) is 5.41. The molecule has 68 valence electrons. The maximum Gasteiger partial charge on any atom is 0.211 e. The van der Waals surface area contributed by atoms with Crippen molar-refractivity contribution >= 4 is 10.0 Å². The van der Waals surface area contributed by atoms with Crippen molar-refractivity contribution in [1.82, 2.24) is 4.72 Å². The maximum absolute atomic E-state index is 11.0. The molecule has 4 nitrogen and oxygen atoms in total. The van der Waals surface area contributed by atoms with Gasteiger partial charge in [-0.25, -0.2) is 13.1 Å². The van der Waals surface area contributed by atoms with Crippen molar-refractivity contribution in [2.75, 3.05) is 12.3 Å². The fourth-order valence-electron chi connectivity index (χ4n) is 0.635. The average Bonchev–Trinajstić information content (AvgIpc) is 2.00. The van der Waals surface area contributed by atoms with Gasteiger partial charge in [-0.2, -0.15) is 0 Å². The van der Waals surface area contributed by atoms with E-state index in [4.69, 9.17) is 5.73 Å². The normalized spacial score (nSPS) is 14.8. The Labute approximate surface area is 68.2 Å². The number of hydrogen-bond acceptors (Lipinski definition) is 3. The second-order valence-corrected chi connectivity index (χ2v) is 4.40. The molecule has 0 aliphatic carbocycles. The minimum Gasteiger partial charge on any atom is -0.329 e. The van der Waals surface area contributed by atoms with Crippen molar-refractivity contribution in [2.24, 2.45) is 5.73 Å². The van der Waals surface area contributed by atoms with Gasteiger partial charge in [-0.15, -0.1) is 0 Å². The van der Waals surface area contributed by atoms with Gasteiger partial charge in [0.05, 0.1) is 5.75 Å². The van der Waals surface area contributed by atoms with Crippen LogP contribution in [0.4, 0.5) is 0 Å². The lowest BCUT2D eigenvalue weighted by atomic mass is 10.2. The Morgan fingerprint density at radius 3 is 2.27 bits per heavy atom. The van der Waals surface area contributed by atoms with Crippen molar-refractivity contribution in [2.45, 2.75) is 26.3 Å². The third-order valence-corrected chi connectivity index (χ3v) is 2.96. The van der Waals surface area contributed by atoms with Crippen molar-refractivity contribution in [3.63, 3.8) is 0 Å². The highest BCUT2D eigenvalue weighted by molar-refractivity contribution is 7.89. The highest BCUT2D eigenvalue weighted by Gasteiger charge is 2.11. The Kier molecular flexibility index (Phi) is 4.63. The summed E-state index contributed by atoms with van der Waals surface area (Å²) >= 11 is 0. The van der Waals surface area contributed by atoms with E-state index in [1.807, 2.05) is 6.92 Å². The van der Waals surface area contributed by atoms with Crippen LogP contribution in [0.5, 0.6) is 0 Å².